The molecule has 0 atom stereocenters. The highest BCUT2D eigenvalue weighted by Crippen LogP contribution is 2.30. The van der Waals surface area contributed by atoms with Gasteiger partial charge in [-0.1, -0.05) is 47.6 Å². The van der Waals surface area contributed by atoms with Gasteiger partial charge in [-0.15, -0.1) is 16.8 Å². The van der Waals surface area contributed by atoms with Crippen molar-refractivity contribution in [2.75, 3.05) is 0 Å². The highest BCUT2D eigenvalue weighted by molar-refractivity contribution is 7.98. The van der Waals surface area contributed by atoms with Crippen molar-refractivity contribution in [1.82, 2.24) is 14.8 Å². The number of aromatic nitrogens is 3. The molecule has 0 amide bonds. The molecule has 3 nitrogen and oxygen atoms in total. The third-order valence-corrected chi connectivity index (χ3v) is 4.90. The van der Waals surface area contributed by atoms with Crippen LogP contribution in [0.5, 0.6) is 0 Å². The summed E-state index contributed by atoms with van der Waals surface area (Å²) in [6.45, 7) is 4.13. The number of nitrogens with zero attached hydrogens (tertiary/aromatic N) is 3. The summed E-state index contributed by atoms with van der Waals surface area (Å²) in [6.07, 6.45) is 1.67. The molecule has 0 aliphatic rings. The second-order valence-electron chi connectivity index (χ2n) is 5.17. The van der Waals surface area contributed by atoms with Gasteiger partial charge in [0.1, 0.15) is 11.6 Å². The molecule has 0 radical (unpaired) electrons. The molecule has 7 heteroatoms. The molecule has 0 fully saturated rings. The number of halogens is 3. The van der Waals surface area contributed by atoms with Crippen LogP contribution in [0, 0.1) is 11.6 Å². The monoisotopic (exact) mass is 377 g/mol. The minimum atomic E-state index is -0.381. The lowest BCUT2D eigenvalue weighted by molar-refractivity contribution is 0.617. The number of benzene rings is 2. The molecule has 25 heavy (non-hydrogen) atoms. The topological polar surface area (TPSA) is 30.7 Å². The van der Waals surface area contributed by atoms with Gasteiger partial charge in [-0.3, -0.25) is 4.57 Å². The molecule has 0 aliphatic heterocycles. The van der Waals surface area contributed by atoms with Gasteiger partial charge in [0.2, 0.25) is 0 Å². The van der Waals surface area contributed by atoms with Crippen molar-refractivity contribution in [2.45, 2.75) is 17.5 Å². The molecule has 0 spiro atoms. The molecule has 3 aromatic rings. The molecule has 0 unspecified atom stereocenters. The molecular formula is C18H14ClF2N3S. The van der Waals surface area contributed by atoms with Gasteiger partial charge in [-0.2, -0.15) is 0 Å². The van der Waals surface area contributed by atoms with Crippen molar-refractivity contribution in [3.63, 3.8) is 0 Å². The van der Waals surface area contributed by atoms with Gasteiger partial charge in [0.25, 0.3) is 0 Å². The molecule has 0 saturated heterocycles. The highest BCUT2D eigenvalue weighted by Gasteiger charge is 2.17. The van der Waals surface area contributed by atoms with Crippen LogP contribution in [0.15, 0.2) is 60.3 Å². The normalized spacial score (nSPS) is 10.8. The Balaban J connectivity index is 1.92. The van der Waals surface area contributed by atoms with Crippen LogP contribution in [0.1, 0.15) is 5.56 Å². The average Bonchev–Trinajstić information content (AvgIpc) is 2.98. The fraction of sp³-hybridized carbons (Fsp3) is 0.111. The Morgan fingerprint density at radius 3 is 2.56 bits per heavy atom. The lowest BCUT2D eigenvalue weighted by Gasteiger charge is -2.09. The molecule has 1 aromatic heterocycles. The molecule has 0 bridgehead atoms. The smallest absolute Gasteiger partial charge is 0.192 e. The van der Waals surface area contributed by atoms with Crippen LogP contribution in [0.4, 0.5) is 8.78 Å². The summed E-state index contributed by atoms with van der Waals surface area (Å²) in [4.78, 5) is 0. The Morgan fingerprint density at radius 1 is 1.08 bits per heavy atom. The first-order valence-corrected chi connectivity index (χ1v) is 8.83. The first-order chi connectivity index (χ1) is 12.1. The number of hydrogen-bond donors (Lipinski definition) is 0. The summed E-state index contributed by atoms with van der Waals surface area (Å²) >= 11 is 7.34. The van der Waals surface area contributed by atoms with Gasteiger partial charge in [-0.25, -0.2) is 8.78 Å². The molecular weight excluding hydrogens is 364 g/mol. The molecule has 2 aromatic carbocycles. The van der Waals surface area contributed by atoms with Gasteiger partial charge < -0.3 is 0 Å². The lowest BCUT2D eigenvalue weighted by Crippen LogP contribution is -2.02. The molecule has 3 rings (SSSR count). The van der Waals surface area contributed by atoms with E-state index in [9.17, 15) is 8.78 Å². The summed E-state index contributed by atoms with van der Waals surface area (Å²) in [5, 5.41) is 9.12. The van der Waals surface area contributed by atoms with Crippen molar-refractivity contribution in [2.24, 2.45) is 0 Å². The second kappa shape index (κ2) is 7.80. The molecule has 0 N–H and O–H groups in total. The van der Waals surface area contributed by atoms with E-state index in [0.717, 1.165) is 0 Å². The number of rotatable bonds is 6. The Morgan fingerprint density at radius 2 is 1.84 bits per heavy atom. The van der Waals surface area contributed by atoms with E-state index in [0.29, 0.717) is 33.7 Å². The summed E-state index contributed by atoms with van der Waals surface area (Å²) in [5.41, 5.74) is 0.752. The zero-order chi connectivity index (χ0) is 17.8. The van der Waals surface area contributed by atoms with E-state index in [1.54, 1.807) is 41.0 Å². The van der Waals surface area contributed by atoms with E-state index >= 15 is 0 Å². The van der Waals surface area contributed by atoms with Crippen molar-refractivity contribution in [3.8, 4) is 11.4 Å². The van der Waals surface area contributed by atoms with Crippen LogP contribution < -0.4 is 0 Å². The predicted molar refractivity (Wildman–Crippen MR) is 96.6 cm³/mol. The SMILES string of the molecule is C=CCn1c(SCc2c(F)cccc2Cl)nnc1-c1ccccc1F. The highest BCUT2D eigenvalue weighted by atomic mass is 35.5. The Labute approximate surface area is 153 Å². The molecule has 0 aliphatic carbocycles. The van der Waals surface area contributed by atoms with Gasteiger partial charge >= 0.3 is 0 Å². The standard InChI is InChI=1S/C18H14ClF2N3S/c1-2-10-24-17(12-6-3-4-8-15(12)20)22-23-18(24)25-11-13-14(19)7-5-9-16(13)21/h2-9H,1,10-11H2. The average molecular weight is 378 g/mol. The van der Waals surface area contributed by atoms with E-state index in [4.69, 9.17) is 11.6 Å². The van der Waals surface area contributed by atoms with Crippen LogP contribution in [0.2, 0.25) is 5.02 Å². The second-order valence-corrected chi connectivity index (χ2v) is 6.52. The van der Waals surface area contributed by atoms with Gasteiger partial charge in [0.15, 0.2) is 11.0 Å². The summed E-state index contributed by atoms with van der Waals surface area (Å²) in [7, 11) is 0. The number of allylic oxidation sites excluding steroid dienone is 1. The van der Waals surface area contributed by atoms with Gasteiger partial charge in [0.05, 0.1) is 5.56 Å². The van der Waals surface area contributed by atoms with E-state index in [1.807, 2.05) is 0 Å². The molecule has 1 heterocycles. The minimum Gasteiger partial charge on any atom is -0.298 e. The van der Waals surface area contributed by atoms with Crippen molar-refractivity contribution < 1.29 is 8.78 Å². The first kappa shape index (κ1) is 17.6. The van der Waals surface area contributed by atoms with Crippen molar-refractivity contribution >= 4 is 23.4 Å². The summed E-state index contributed by atoms with van der Waals surface area (Å²) in [5.74, 6) is -0.0592. The van der Waals surface area contributed by atoms with Crippen LogP contribution in [0.3, 0.4) is 0 Å². The van der Waals surface area contributed by atoms with Crippen molar-refractivity contribution in [3.05, 3.63) is 77.3 Å². The summed E-state index contributed by atoms with van der Waals surface area (Å²) < 4.78 is 29.7. The zero-order valence-corrected chi connectivity index (χ0v) is 14.7. The van der Waals surface area contributed by atoms with Gasteiger partial charge in [-0.05, 0) is 24.3 Å². The Bertz CT molecular complexity index is 891. The number of hydrogen-bond acceptors (Lipinski definition) is 3. The zero-order valence-electron chi connectivity index (χ0n) is 13.1. The van der Waals surface area contributed by atoms with Crippen molar-refractivity contribution in [1.29, 1.82) is 0 Å². The molecule has 128 valence electrons. The maximum Gasteiger partial charge on any atom is 0.192 e. The predicted octanol–water partition coefficient (Wildman–Crippen LogP) is 5.36. The van der Waals surface area contributed by atoms with E-state index in [1.165, 1.54) is 23.9 Å². The van der Waals surface area contributed by atoms with Crippen LogP contribution in [-0.4, -0.2) is 14.8 Å². The van der Waals surface area contributed by atoms with E-state index < -0.39 is 0 Å². The van der Waals surface area contributed by atoms with Gasteiger partial charge in [0, 0.05) is 22.9 Å². The van der Waals surface area contributed by atoms with Crippen LogP contribution in [0.25, 0.3) is 11.4 Å². The Hall–Kier alpha value is -2.18. The van der Waals surface area contributed by atoms with E-state index in [2.05, 4.69) is 16.8 Å². The first-order valence-electron chi connectivity index (χ1n) is 7.46. The third kappa shape index (κ3) is 3.75. The summed E-state index contributed by atoms with van der Waals surface area (Å²) in [6, 6.07) is 10.9. The fourth-order valence-corrected chi connectivity index (χ4v) is 3.63. The van der Waals surface area contributed by atoms with Crippen LogP contribution >= 0.6 is 23.4 Å². The maximum absolute atomic E-state index is 14.1. The quantitative estimate of drug-likeness (QED) is 0.428. The third-order valence-electron chi connectivity index (χ3n) is 3.55. The Kier molecular flexibility index (Phi) is 5.50. The minimum absolute atomic E-state index is 0.290. The maximum atomic E-state index is 14.1. The largest absolute Gasteiger partial charge is 0.298 e. The molecule has 0 saturated carbocycles. The van der Waals surface area contributed by atoms with Crippen LogP contribution in [-0.2, 0) is 12.3 Å². The van der Waals surface area contributed by atoms with E-state index in [-0.39, 0.29) is 17.4 Å². The fourth-order valence-electron chi connectivity index (χ4n) is 2.34. The lowest BCUT2D eigenvalue weighted by atomic mass is 10.2. The number of thioether (sulfide) groups is 1.